The maximum Gasteiger partial charge on any atom is 0.149 e. The fourth-order valence-corrected chi connectivity index (χ4v) is 2.24. The Labute approximate surface area is 113 Å². The first-order valence-electron chi connectivity index (χ1n) is 6.50. The average Bonchev–Trinajstić information content (AvgIpc) is 2.69. The Morgan fingerprint density at radius 1 is 1.26 bits per heavy atom. The zero-order valence-corrected chi connectivity index (χ0v) is 11.9. The van der Waals surface area contributed by atoms with Gasteiger partial charge in [-0.25, -0.2) is 9.07 Å². The molecule has 1 heterocycles. The van der Waals surface area contributed by atoms with Crippen molar-refractivity contribution in [1.29, 1.82) is 0 Å². The second kappa shape index (κ2) is 5.53. The van der Waals surface area contributed by atoms with Crippen LogP contribution in [0.1, 0.15) is 23.7 Å². The molecule has 1 aromatic heterocycles. The molecule has 2 aromatic rings. The highest BCUT2D eigenvalue weighted by molar-refractivity contribution is 5.42. The number of nitrogens with zero attached hydrogens (tertiary/aromatic N) is 3. The monoisotopic (exact) mass is 261 g/mol. The van der Waals surface area contributed by atoms with Crippen LogP contribution in [0.5, 0.6) is 0 Å². The molecule has 1 aromatic carbocycles. The number of aromatic nitrogens is 2. The number of halogens is 1. The van der Waals surface area contributed by atoms with Gasteiger partial charge in [-0.15, -0.1) is 0 Å². The maximum atomic E-state index is 14.2. The van der Waals surface area contributed by atoms with E-state index in [1.54, 1.807) is 10.7 Å². The minimum absolute atomic E-state index is 0.232. The van der Waals surface area contributed by atoms with Crippen LogP contribution in [0.2, 0.25) is 0 Å². The van der Waals surface area contributed by atoms with Crippen LogP contribution in [0.3, 0.4) is 0 Å². The van der Waals surface area contributed by atoms with E-state index in [0.29, 0.717) is 12.2 Å². The third-order valence-electron chi connectivity index (χ3n) is 3.17. The predicted octanol–water partition coefficient (Wildman–Crippen LogP) is 2.94. The van der Waals surface area contributed by atoms with Gasteiger partial charge in [0.05, 0.1) is 5.69 Å². The van der Waals surface area contributed by atoms with Crippen molar-refractivity contribution >= 4 is 0 Å². The predicted molar refractivity (Wildman–Crippen MR) is 75.0 cm³/mol. The third-order valence-corrected chi connectivity index (χ3v) is 3.17. The Morgan fingerprint density at radius 3 is 2.58 bits per heavy atom. The molecule has 0 saturated carbocycles. The Balaban J connectivity index is 2.53. The second-order valence-corrected chi connectivity index (χ2v) is 5.02. The highest BCUT2D eigenvalue weighted by atomic mass is 19.1. The van der Waals surface area contributed by atoms with E-state index in [-0.39, 0.29) is 5.82 Å². The Kier molecular flexibility index (Phi) is 4.00. The van der Waals surface area contributed by atoms with Crippen molar-refractivity contribution in [2.45, 2.75) is 26.8 Å². The Hall–Kier alpha value is -1.68. The number of para-hydroxylation sites is 1. The summed E-state index contributed by atoms with van der Waals surface area (Å²) in [6.45, 7) is 4.73. The van der Waals surface area contributed by atoms with E-state index in [2.05, 4.69) is 12.0 Å². The molecule has 4 heteroatoms. The first-order chi connectivity index (χ1) is 9.02. The minimum atomic E-state index is -0.232. The molecule has 0 spiro atoms. The molecule has 0 aliphatic carbocycles. The number of rotatable bonds is 4. The lowest BCUT2D eigenvalue weighted by Crippen LogP contribution is -2.14. The number of hydrogen-bond acceptors (Lipinski definition) is 2. The second-order valence-electron chi connectivity index (χ2n) is 5.02. The molecule has 0 N–H and O–H groups in total. The van der Waals surface area contributed by atoms with Gasteiger partial charge < -0.3 is 4.90 Å². The fraction of sp³-hybridized carbons (Fsp3) is 0.400. The fourth-order valence-electron chi connectivity index (χ4n) is 2.24. The lowest BCUT2D eigenvalue weighted by molar-refractivity contribution is 0.400. The lowest BCUT2D eigenvalue weighted by atomic mass is 10.1. The summed E-state index contributed by atoms with van der Waals surface area (Å²) in [5.41, 5.74) is 3.61. The molecule has 0 aliphatic rings. The van der Waals surface area contributed by atoms with E-state index in [9.17, 15) is 4.39 Å². The molecular formula is C15H20FN3. The van der Waals surface area contributed by atoms with Crippen molar-refractivity contribution in [3.05, 3.63) is 47.0 Å². The number of benzene rings is 1. The van der Waals surface area contributed by atoms with Crippen LogP contribution in [0.15, 0.2) is 24.4 Å². The van der Waals surface area contributed by atoms with Gasteiger partial charge >= 0.3 is 0 Å². The van der Waals surface area contributed by atoms with E-state index < -0.39 is 0 Å². The van der Waals surface area contributed by atoms with Gasteiger partial charge in [-0.1, -0.05) is 19.1 Å². The Morgan fingerprint density at radius 2 is 2.00 bits per heavy atom. The van der Waals surface area contributed by atoms with Gasteiger partial charge in [-0.3, -0.25) is 0 Å². The van der Waals surface area contributed by atoms with Crippen molar-refractivity contribution < 1.29 is 4.39 Å². The summed E-state index contributed by atoms with van der Waals surface area (Å²) in [4.78, 5) is 2.02. The van der Waals surface area contributed by atoms with Crippen molar-refractivity contribution in [3.63, 3.8) is 0 Å². The van der Waals surface area contributed by atoms with Gasteiger partial charge in [-0.2, -0.15) is 5.10 Å². The zero-order chi connectivity index (χ0) is 14.0. The normalized spacial score (nSPS) is 11.3. The summed E-state index contributed by atoms with van der Waals surface area (Å²) in [7, 11) is 3.95. The number of aryl methyl sites for hydroxylation is 2. The van der Waals surface area contributed by atoms with E-state index in [0.717, 1.165) is 23.2 Å². The molecule has 102 valence electrons. The third kappa shape index (κ3) is 2.84. The van der Waals surface area contributed by atoms with Gasteiger partial charge in [0, 0.05) is 12.7 Å². The topological polar surface area (TPSA) is 21.1 Å². The molecule has 0 radical (unpaired) electrons. The molecule has 19 heavy (non-hydrogen) atoms. The van der Waals surface area contributed by atoms with Crippen LogP contribution in [0, 0.1) is 12.7 Å². The first-order valence-corrected chi connectivity index (χ1v) is 6.50. The standard InChI is InChI=1S/C15H20FN3/c1-5-12-10-19(17-11(12)2)15-13(9-18(3)4)7-6-8-14(15)16/h6-8,10H,5,9H2,1-4H3. The van der Waals surface area contributed by atoms with Gasteiger partial charge in [0.25, 0.3) is 0 Å². The van der Waals surface area contributed by atoms with Crippen LogP contribution < -0.4 is 0 Å². The van der Waals surface area contributed by atoms with Crippen molar-refractivity contribution in [2.24, 2.45) is 0 Å². The summed E-state index contributed by atoms with van der Waals surface area (Å²) in [5, 5.41) is 4.44. The highest BCUT2D eigenvalue weighted by Crippen LogP contribution is 2.21. The molecular weight excluding hydrogens is 241 g/mol. The Bertz CT molecular complexity index is 573. The van der Waals surface area contributed by atoms with Crippen LogP contribution in [-0.4, -0.2) is 28.8 Å². The van der Waals surface area contributed by atoms with E-state index in [1.807, 2.05) is 38.2 Å². The van der Waals surface area contributed by atoms with Gasteiger partial charge in [0.2, 0.25) is 0 Å². The smallest absolute Gasteiger partial charge is 0.149 e. The summed E-state index contributed by atoms with van der Waals surface area (Å²) >= 11 is 0. The molecule has 3 nitrogen and oxygen atoms in total. The quantitative estimate of drug-likeness (QED) is 0.843. The van der Waals surface area contributed by atoms with Crippen LogP contribution in [0.4, 0.5) is 4.39 Å². The van der Waals surface area contributed by atoms with E-state index >= 15 is 0 Å². The zero-order valence-electron chi connectivity index (χ0n) is 11.9. The molecule has 2 rings (SSSR count). The molecule has 0 bridgehead atoms. The van der Waals surface area contributed by atoms with Crippen LogP contribution in [-0.2, 0) is 13.0 Å². The summed E-state index contributed by atoms with van der Waals surface area (Å²) in [6, 6.07) is 5.17. The molecule has 0 fully saturated rings. The van der Waals surface area contributed by atoms with Gasteiger partial charge in [-0.05, 0) is 44.6 Å². The average molecular weight is 261 g/mol. The van der Waals surface area contributed by atoms with Crippen molar-refractivity contribution in [2.75, 3.05) is 14.1 Å². The minimum Gasteiger partial charge on any atom is -0.305 e. The lowest BCUT2D eigenvalue weighted by Gasteiger charge is -2.14. The van der Waals surface area contributed by atoms with Gasteiger partial charge in [0.1, 0.15) is 11.5 Å². The van der Waals surface area contributed by atoms with Crippen molar-refractivity contribution in [3.8, 4) is 5.69 Å². The SMILES string of the molecule is CCc1cn(-c2c(F)cccc2CN(C)C)nc1C. The van der Waals surface area contributed by atoms with Crippen LogP contribution >= 0.6 is 0 Å². The molecule has 0 aliphatic heterocycles. The number of hydrogen-bond donors (Lipinski definition) is 0. The van der Waals surface area contributed by atoms with E-state index in [4.69, 9.17) is 0 Å². The largest absolute Gasteiger partial charge is 0.305 e. The van der Waals surface area contributed by atoms with Gasteiger partial charge in [0.15, 0.2) is 0 Å². The summed E-state index contributed by atoms with van der Waals surface area (Å²) in [5.74, 6) is -0.232. The first kappa shape index (κ1) is 13.7. The summed E-state index contributed by atoms with van der Waals surface area (Å²) in [6.07, 6.45) is 2.83. The van der Waals surface area contributed by atoms with E-state index in [1.165, 1.54) is 6.07 Å². The van der Waals surface area contributed by atoms with Crippen molar-refractivity contribution in [1.82, 2.24) is 14.7 Å². The molecule has 0 saturated heterocycles. The summed E-state index contributed by atoms with van der Waals surface area (Å²) < 4.78 is 15.8. The maximum absolute atomic E-state index is 14.2. The highest BCUT2D eigenvalue weighted by Gasteiger charge is 2.13. The van der Waals surface area contributed by atoms with Crippen LogP contribution in [0.25, 0.3) is 5.69 Å². The molecule has 0 atom stereocenters. The molecule has 0 unspecified atom stereocenters. The molecule has 0 amide bonds.